The van der Waals surface area contributed by atoms with E-state index >= 15 is 0 Å². The highest BCUT2D eigenvalue weighted by atomic mass is 16.6. The van der Waals surface area contributed by atoms with Crippen LogP contribution in [-0.2, 0) is 0 Å². The molecule has 0 saturated carbocycles. The third kappa shape index (κ3) is 2.74. The van der Waals surface area contributed by atoms with E-state index in [-0.39, 0.29) is 17.0 Å². The quantitative estimate of drug-likeness (QED) is 0.362. The van der Waals surface area contributed by atoms with Crippen LogP contribution in [0.3, 0.4) is 0 Å². The molecule has 0 fully saturated rings. The van der Waals surface area contributed by atoms with Crippen LogP contribution in [0.5, 0.6) is 0 Å². The van der Waals surface area contributed by atoms with Gasteiger partial charge in [-0.05, 0) is 5.56 Å². The van der Waals surface area contributed by atoms with Gasteiger partial charge in [-0.2, -0.15) is 0 Å². The molecule has 0 aromatic heterocycles. The number of rotatable bonds is 4. The maximum Gasteiger partial charge on any atom is 0.270 e. The van der Waals surface area contributed by atoms with E-state index in [0.717, 1.165) is 0 Å². The maximum atomic E-state index is 12.2. The van der Waals surface area contributed by atoms with Gasteiger partial charge in [-0.25, -0.2) is 0 Å². The van der Waals surface area contributed by atoms with Crippen LogP contribution >= 0.6 is 0 Å². The molecule has 94 valence electrons. The largest absolute Gasteiger partial charge is 0.289 e. The number of nitrogens with zero attached hydrogens (tertiary/aromatic N) is 1. The summed E-state index contributed by atoms with van der Waals surface area (Å²) in [7, 11) is 0. The summed E-state index contributed by atoms with van der Waals surface area (Å²) in [4.78, 5) is 22.4. The Hall–Kier alpha value is -2.75. The third-order valence-corrected chi connectivity index (χ3v) is 2.72. The Morgan fingerprint density at radius 2 is 1.63 bits per heavy atom. The first-order valence-corrected chi connectivity index (χ1v) is 5.63. The van der Waals surface area contributed by atoms with E-state index in [4.69, 9.17) is 0 Å². The summed E-state index contributed by atoms with van der Waals surface area (Å²) in [6.07, 6.45) is 0. The van der Waals surface area contributed by atoms with E-state index in [1.807, 2.05) is 6.07 Å². The lowest BCUT2D eigenvalue weighted by atomic mass is 9.98. The molecule has 2 aromatic rings. The van der Waals surface area contributed by atoms with Crippen molar-refractivity contribution in [2.24, 2.45) is 0 Å². The van der Waals surface area contributed by atoms with Crippen LogP contribution in [0.2, 0.25) is 0 Å². The molecule has 0 heterocycles. The highest BCUT2D eigenvalue weighted by molar-refractivity contribution is 6.28. The molecule has 0 aliphatic heterocycles. The van der Waals surface area contributed by atoms with Crippen molar-refractivity contribution in [2.75, 3.05) is 0 Å². The summed E-state index contributed by atoms with van der Waals surface area (Å²) < 4.78 is 0. The number of nitro benzene ring substituents is 1. The number of ketones is 1. The molecule has 0 N–H and O–H groups in total. The van der Waals surface area contributed by atoms with E-state index in [0.29, 0.717) is 11.1 Å². The lowest BCUT2D eigenvalue weighted by molar-refractivity contribution is -0.384. The highest BCUT2D eigenvalue weighted by Gasteiger charge is 2.14. The summed E-state index contributed by atoms with van der Waals surface area (Å²) in [6, 6.07) is 14.6. The number of allylic oxidation sites excluding steroid dienone is 1. The van der Waals surface area contributed by atoms with E-state index in [1.54, 1.807) is 30.3 Å². The van der Waals surface area contributed by atoms with Crippen LogP contribution in [-0.4, -0.2) is 10.7 Å². The average molecular weight is 253 g/mol. The molecular weight excluding hydrogens is 242 g/mol. The predicted molar refractivity (Wildman–Crippen MR) is 72.9 cm³/mol. The number of hydrogen-bond donors (Lipinski definition) is 0. The molecule has 0 spiro atoms. The van der Waals surface area contributed by atoms with Crippen LogP contribution in [0.4, 0.5) is 5.69 Å². The second kappa shape index (κ2) is 5.27. The third-order valence-electron chi connectivity index (χ3n) is 2.72. The first-order chi connectivity index (χ1) is 9.09. The van der Waals surface area contributed by atoms with Crippen molar-refractivity contribution in [3.05, 3.63) is 82.4 Å². The van der Waals surface area contributed by atoms with Gasteiger partial charge in [0.1, 0.15) is 0 Å². The van der Waals surface area contributed by atoms with Crippen LogP contribution in [0, 0.1) is 10.1 Å². The summed E-state index contributed by atoms with van der Waals surface area (Å²) in [5, 5.41) is 10.7. The Morgan fingerprint density at radius 3 is 2.26 bits per heavy atom. The van der Waals surface area contributed by atoms with Gasteiger partial charge < -0.3 is 0 Å². The van der Waals surface area contributed by atoms with Crippen molar-refractivity contribution in [3.8, 4) is 0 Å². The molecule has 2 aromatic carbocycles. The lowest BCUT2D eigenvalue weighted by Crippen LogP contribution is -2.01. The second-order valence-corrected chi connectivity index (χ2v) is 3.98. The molecule has 4 heteroatoms. The fraction of sp³-hybridized carbons (Fsp3) is 0. The van der Waals surface area contributed by atoms with Crippen LogP contribution < -0.4 is 0 Å². The Balaban J connectivity index is 2.32. The van der Waals surface area contributed by atoms with Crippen molar-refractivity contribution in [2.45, 2.75) is 0 Å². The number of carbonyl (C=O) groups excluding carboxylic acids is 1. The van der Waals surface area contributed by atoms with Crippen molar-refractivity contribution in [3.63, 3.8) is 0 Å². The minimum atomic E-state index is -0.496. The zero-order valence-electron chi connectivity index (χ0n) is 10.1. The number of Topliss-reactive ketones (excluding diaryl/α,β-unsaturated/α-hetero) is 1. The number of nitro groups is 1. The first-order valence-electron chi connectivity index (χ1n) is 5.63. The van der Waals surface area contributed by atoms with Crippen LogP contribution in [0.25, 0.3) is 5.57 Å². The monoisotopic (exact) mass is 253 g/mol. The maximum absolute atomic E-state index is 12.2. The topological polar surface area (TPSA) is 60.2 Å². The number of benzene rings is 2. The molecule has 0 amide bonds. The molecule has 0 radical (unpaired) electrons. The second-order valence-electron chi connectivity index (χ2n) is 3.98. The van der Waals surface area contributed by atoms with Gasteiger partial charge in [-0.3, -0.25) is 14.9 Å². The van der Waals surface area contributed by atoms with Gasteiger partial charge in [0.05, 0.1) is 4.92 Å². The van der Waals surface area contributed by atoms with Crippen molar-refractivity contribution in [1.29, 1.82) is 0 Å². The first kappa shape index (κ1) is 12.7. The zero-order chi connectivity index (χ0) is 13.8. The summed E-state index contributed by atoms with van der Waals surface area (Å²) in [5.41, 5.74) is 1.16. The molecule has 4 nitrogen and oxygen atoms in total. The fourth-order valence-electron chi connectivity index (χ4n) is 1.70. The fourth-order valence-corrected chi connectivity index (χ4v) is 1.70. The van der Waals surface area contributed by atoms with Crippen molar-refractivity contribution >= 4 is 17.0 Å². The minimum Gasteiger partial charge on any atom is -0.289 e. The Morgan fingerprint density at radius 1 is 1.00 bits per heavy atom. The van der Waals surface area contributed by atoms with E-state index < -0.39 is 4.92 Å². The van der Waals surface area contributed by atoms with Gasteiger partial charge in [0.2, 0.25) is 0 Å². The van der Waals surface area contributed by atoms with Gasteiger partial charge in [-0.1, -0.05) is 49.0 Å². The molecule has 0 aliphatic carbocycles. The molecule has 0 atom stereocenters. The summed E-state index contributed by atoms with van der Waals surface area (Å²) in [5.74, 6) is -0.235. The Labute approximate surface area is 110 Å². The van der Waals surface area contributed by atoms with Gasteiger partial charge in [0.25, 0.3) is 5.69 Å². The van der Waals surface area contributed by atoms with Gasteiger partial charge in [0, 0.05) is 23.3 Å². The molecule has 0 unspecified atom stereocenters. The van der Waals surface area contributed by atoms with Crippen molar-refractivity contribution < 1.29 is 9.72 Å². The number of hydrogen-bond acceptors (Lipinski definition) is 3. The zero-order valence-corrected chi connectivity index (χ0v) is 10.1. The van der Waals surface area contributed by atoms with Gasteiger partial charge in [0.15, 0.2) is 5.78 Å². The Kier molecular flexibility index (Phi) is 3.52. The van der Waals surface area contributed by atoms with E-state index in [9.17, 15) is 14.9 Å². The van der Waals surface area contributed by atoms with Crippen LogP contribution in [0.1, 0.15) is 15.9 Å². The molecular formula is C15H11NO3. The molecule has 0 saturated heterocycles. The number of non-ortho nitro benzene ring substituents is 1. The summed E-state index contributed by atoms with van der Waals surface area (Å²) in [6.45, 7) is 3.73. The SMILES string of the molecule is C=C(C(=O)c1ccccc1)c1cccc([N+](=O)[O-])c1. The van der Waals surface area contributed by atoms with Crippen LogP contribution in [0.15, 0.2) is 61.2 Å². The van der Waals surface area contributed by atoms with Gasteiger partial charge in [-0.15, -0.1) is 0 Å². The number of carbonyl (C=O) groups is 1. The molecule has 0 bridgehead atoms. The lowest BCUT2D eigenvalue weighted by Gasteiger charge is -2.05. The van der Waals surface area contributed by atoms with E-state index in [1.165, 1.54) is 18.2 Å². The summed E-state index contributed by atoms with van der Waals surface area (Å²) >= 11 is 0. The normalized spacial score (nSPS) is 9.89. The molecule has 2 rings (SSSR count). The minimum absolute atomic E-state index is 0.0560. The molecule has 0 aliphatic rings. The molecule has 19 heavy (non-hydrogen) atoms. The smallest absolute Gasteiger partial charge is 0.270 e. The average Bonchev–Trinajstić information content (AvgIpc) is 2.46. The standard InChI is InChI=1S/C15H11NO3/c1-11(15(17)12-6-3-2-4-7-12)13-8-5-9-14(10-13)16(18)19/h2-10H,1H2. The predicted octanol–water partition coefficient (Wildman–Crippen LogP) is 3.49. The Bertz CT molecular complexity index is 647. The van der Waals surface area contributed by atoms with E-state index in [2.05, 4.69) is 6.58 Å². The highest BCUT2D eigenvalue weighted by Crippen LogP contribution is 2.22. The van der Waals surface area contributed by atoms with Crippen molar-refractivity contribution in [1.82, 2.24) is 0 Å². The van der Waals surface area contributed by atoms with Gasteiger partial charge >= 0.3 is 0 Å².